The molecule has 1 rings (SSSR count). The zero-order valence-corrected chi connectivity index (χ0v) is 11.6. The Hall–Kier alpha value is -1.35. The molecule has 0 spiro atoms. The Labute approximate surface area is 120 Å². The Morgan fingerprint density at radius 1 is 1.45 bits per heavy atom. The summed E-state index contributed by atoms with van der Waals surface area (Å²) in [7, 11) is 0. The molecule has 0 aliphatic rings. The van der Waals surface area contributed by atoms with Crippen molar-refractivity contribution in [2.24, 2.45) is 0 Å². The van der Waals surface area contributed by atoms with Gasteiger partial charge in [-0.05, 0) is 34.1 Å². The average Bonchev–Trinajstić information content (AvgIpc) is 2.32. The molecule has 0 heterocycles. The van der Waals surface area contributed by atoms with Gasteiger partial charge in [0.25, 0.3) is 0 Å². The van der Waals surface area contributed by atoms with Gasteiger partial charge in [0.2, 0.25) is 5.91 Å². The molecule has 1 aromatic rings. The van der Waals surface area contributed by atoms with Gasteiger partial charge in [0.1, 0.15) is 13.2 Å². The highest BCUT2D eigenvalue weighted by Gasteiger charge is 2.41. The number of ether oxygens (including phenoxy) is 1. The fourth-order valence-corrected chi connectivity index (χ4v) is 1.66. The second-order valence-electron chi connectivity index (χ2n) is 3.84. The second kappa shape index (κ2) is 6.89. The van der Waals surface area contributed by atoms with Crippen LogP contribution in [0.2, 0.25) is 0 Å². The number of carbonyl (C=O) groups is 1. The van der Waals surface area contributed by atoms with Crippen LogP contribution in [-0.2, 0) is 9.53 Å². The van der Waals surface area contributed by atoms with E-state index in [2.05, 4.69) is 26.0 Å². The monoisotopic (exact) mass is 358 g/mol. The van der Waals surface area contributed by atoms with Crippen LogP contribution in [0.15, 0.2) is 22.7 Å². The van der Waals surface area contributed by atoms with Gasteiger partial charge >= 0.3 is 12.3 Å². The van der Waals surface area contributed by atoms with Crippen molar-refractivity contribution in [1.29, 1.82) is 0 Å². The van der Waals surface area contributed by atoms with Crippen LogP contribution in [-0.4, -0.2) is 31.5 Å². The molecule has 0 unspecified atom stereocenters. The second-order valence-corrected chi connectivity index (χ2v) is 4.70. The van der Waals surface area contributed by atoms with Crippen molar-refractivity contribution in [2.75, 3.05) is 24.3 Å². The van der Waals surface area contributed by atoms with Crippen LogP contribution in [0.3, 0.4) is 0 Å². The Balaban J connectivity index is 2.45. The highest BCUT2D eigenvalue weighted by Crippen LogP contribution is 2.25. The summed E-state index contributed by atoms with van der Waals surface area (Å²) in [5, 5.41) is 2.35. The summed E-state index contributed by atoms with van der Waals surface area (Å²) in [6.45, 7) is -2.29. The summed E-state index contributed by atoms with van der Waals surface area (Å²) < 4.78 is 53.4. The first-order valence-electron chi connectivity index (χ1n) is 5.31. The van der Waals surface area contributed by atoms with Crippen LogP contribution in [0.5, 0.6) is 0 Å². The minimum absolute atomic E-state index is 0.355. The summed E-state index contributed by atoms with van der Waals surface area (Å²) in [5.41, 5.74) is 6.31. The van der Waals surface area contributed by atoms with Gasteiger partial charge in [-0.1, -0.05) is 0 Å². The minimum Gasteiger partial charge on any atom is -0.399 e. The van der Waals surface area contributed by atoms with E-state index in [4.69, 9.17) is 5.73 Å². The molecule has 0 radical (unpaired) electrons. The standard InChI is InChI=1S/C11H11BrF4N2O2/c12-7-3-6(17)1-2-8(7)18-9(19)4-20-5-11(15,16)10(13)14/h1-3,10H,4-5,17H2,(H,18,19). The third-order valence-corrected chi connectivity index (χ3v) is 2.77. The maximum absolute atomic E-state index is 12.5. The maximum atomic E-state index is 12.5. The smallest absolute Gasteiger partial charge is 0.330 e. The van der Waals surface area contributed by atoms with Crippen LogP contribution < -0.4 is 11.1 Å². The highest BCUT2D eigenvalue weighted by atomic mass is 79.9. The van der Waals surface area contributed by atoms with Crippen molar-refractivity contribution < 1.29 is 27.1 Å². The van der Waals surface area contributed by atoms with Gasteiger partial charge in [-0.3, -0.25) is 4.79 Å². The number of carbonyl (C=O) groups excluding carboxylic acids is 1. The van der Waals surface area contributed by atoms with Crippen LogP contribution in [0.4, 0.5) is 28.9 Å². The lowest BCUT2D eigenvalue weighted by atomic mass is 10.3. The maximum Gasteiger partial charge on any atom is 0.330 e. The summed E-state index contributed by atoms with van der Waals surface area (Å²) in [5.74, 6) is -5.03. The van der Waals surface area contributed by atoms with E-state index in [9.17, 15) is 22.4 Å². The van der Waals surface area contributed by atoms with Gasteiger partial charge in [-0.25, -0.2) is 8.78 Å². The third-order valence-electron chi connectivity index (χ3n) is 2.11. The average molecular weight is 359 g/mol. The predicted octanol–water partition coefficient (Wildman–Crippen LogP) is 2.89. The van der Waals surface area contributed by atoms with Gasteiger partial charge in [0.05, 0.1) is 5.69 Å². The highest BCUT2D eigenvalue weighted by molar-refractivity contribution is 9.10. The molecule has 0 saturated heterocycles. The van der Waals surface area contributed by atoms with Gasteiger partial charge in [0, 0.05) is 10.2 Å². The number of rotatable bonds is 6. The predicted molar refractivity (Wildman–Crippen MR) is 69.0 cm³/mol. The molecule has 4 nitrogen and oxygen atoms in total. The molecular formula is C11H11BrF4N2O2. The molecule has 0 saturated carbocycles. The summed E-state index contributed by atoms with van der Waals surface area (Å²) >= 11 is 3.14. The number of halogens is 5. The van der Waals surface area contributed by atoms with E-state index in [1.165, 1.54) is 18.2 Å². The van der Waals surface area contributed by atoms with E-state index in [0.29, 0.717) is 15.8 Å². The first-order chi connectivity index (χ1) is 9.22. The number of hydrogen-bond acceptors (Lipinski definition) is 3. The van der Waals surface area contributed by atoms with Gasteiger partial charge in [0.15, 0.2) is 0 Å². The molecule has 0 atom stereocenters. The molecule has 0 bridgehead atoms. The van der Waals surface area contributed by atoms with Gasteiger partial charge in [-0.2, -0.15) is 8.78 Å². The Morgan fingerprint density at radius 2 is 2.10 bits per heavy atom. The van der Waals surface area contributed by atoms with Crippen molar-refractivity contribution in [3.63, 3.8) is 0 Å². The Morgan fingerprint density at radius 3 is 2.65 bits per heavy atom. The molecule has 0 aliphatic carbocycles. The number of nitrogen functional groups attached to an aromatic ring is 1. The zero-order chi connectivity index (χ0) is 15.3. The van der Waals surface area contributed by atoms with Crippen molar-refractivity contribution in [3.05, 3.63) is 22.7 Å². The summed E-state index contributed by atoms with van der Waals surface area (Å²) in [6.07, 6.45) is -3.84. The number of anilines is 2. The number of benzene rings is 1. The SMILES string of the molecule is Nc1ccc(NC(=O)COCC(F)(F)C(F)F)c(Br)c1. The van der Waals surface area contributed by atoms with Gasteiger partial charge < -0.3 is 15.8 Å². The topological polar surface area (TPSA) is 64.3 Å². The minimum atomic E-state index is -4.28. The quantitative estimate of drug-likeness (QED) is 0.607. The van der Waals surface area contributed by atoms with E-state index in [1.807, 2.05) is 0 Å². The summed E-state index contributed by atoms with van der Waals surface area (Å²) in [6, 6.07) is 4.54. The molecule has 0 fully saturated rings. The van der Waals surface area contributed by atoms with Crippen LogP contribution in [0.25, 0.3) is 0 Å². The molecular weight excluding hydrogens is 348 g/mol. The molecule has 112 valence electrons. The molecule has 9 heteroatoms. The number of nitrogens with two attached hydrogens (primary N) is 1. The first kappa shape index (κ1) is 16.7. The largest absolute Gasteiger partial charge is 0.399 e. The van der Waals surface area contributed by atoms with Crippen molar-refractivity contribution >= 4 is 33.2 Å². The Kier molecular flexibility index (Phi) is 5.75. The Bertz CT molecular complexity index is 485. The number of amides is 1. The van der Waals surface area contributed by atoms with Gasteiger partial charge in [-0.15, -0.1) is 0 Å². The molecule has 1 amide bonds. The number of hydrogen-bond donors (Lipinski definition) is 2. The van der Waals surface area contributed by atoms with E-state index in [0.717, 1.165) is 0 Å². The van der Waals surface area contributed by atoms with Crippen molar-refractivity contribution in [2.45, 2.75) is 12.3 Å². The lowest BCUT2D eigenvalue weighted by Crippen LogP contribution is -2.34. The lowest BCUT2D eigenvalue weighted by molar-refractivity contribution is -0.167. The molecule has 3 N–H and O–H groups in total. The summed E-state index contributed by atoms with van der Waals surface area (Å²) in [4.78, 5) is 11.4. The lowest BCUT2D eigenvalue weighted by Gasteiger charge is -2.15. The molecule has 0 aromatic heterocycles. The van der Waals surface area contributed by atoms with Crippen LogP contribution in [0.1, 0.15) is 0 Å². The van der Waals surface area contributed by atoms with E-state index >= 15 is 0 Å². The van der Waals surface area contributed by atoms with Crippen molar-refractivity contribution in [1.82, 2.24) is 0 Å². The zero-order valence-electron chi connectivity index (χ0n) is 10.0. The first-order valence-corrected chi connectivity index (χ1v) is 6.10. The molecule has 1 aromatic carbocycles. The molecule has 20 heavy (non-hydrogen) atoms. The van der Waals surface area contributed by atoms with Crippen LogP contribution in [0, 0.1) is 0 Å². The number of nitrogens with one attached hydrogen (secondary N) is 1. The fourth-order valence-electron chi connectivity index (χ4n) is 1.16. The van der Waals surface area contributed by atoms with E-state index in [1.54, 1.807) is 0 Å². The molecule has 0 aliphatic heterocycles. The van der Waals surface area contributed by atoms with E-state index in [-0.39, 0.29) is 0 Å². The van der Waals surface area contributed by atoms with Crippen LogP contribution >= 0.6 is 15.9 Å². The normalized spacial score (nSPS) is 11.7. The fraction of sp³-hybridized carbons (Fsp3) is 0.364. The third kappa shape index (κ3) is 4.97. The van der Waals surface area contributed by atoms with E-state index < -0.39 is 31.5 Å². The van der Waals surface area contributed by atoms with Crippen molar-refractivity contribution in [3.8, 4) is 0 Å². The number of alkyl halides is 4.